The van der Waals surface area contributed by atoms with Crippen LogP contribution in [0.5, 0.6) is 0 Å². The SMILES string of the molecule is CC12CCC(=O)N1C(C(=O)NCC1(O)CCCCC1)CS2. The lowest BCUT2D eigenvalue weighted by Crippen LogP contribution is -2.53. The summed E-state index contributed by atoms with van der Waals surface area (Å²) < 4.78 is 0. The predicted octanol–water partition coefficient (Wildman–Crippen LogP) is 1.25. The maximum atomic E-state index is 12.4. The lowest BCUT2D eigenvalue weighted by Gasteiger charge is -2.34. The number of thioether (sulfide) groups is 1. The zero-order chi connectivity index (χ0) is 15.1. The van der Waals surface area contributed by atoms with E-state index in [2.05, 4.69) is 5.32 Å². The summed E-state index contributed by atoms with van der Waals surface area (Å²) in [5.41, 5.74) is -0.752. The van der Waals surface area contributed by atoms with E-state index in [-0.39, 0.29) is 22.7 Å². The van der Waals surface area contributed by atoms with E-state index in [1.807, 2.05) is 6.92 Å². The normalized spacial score (nSPS) is 34.9. The number of carbonyl (C=O) groups is 2. The molecule has 2 unspecified atom stereocenters. The highest BCUT2D eigenvalue weighted by Crippen LogP contribution is 2.47. The van der Waals surface area contributed by atoms with Gasteiger partial charge in [0.15, 0.2) is 0 Å². The molecule has 1 saturated carbocycles. The van der Waals surface area contributed by atoms with Crippen LogP contribution in [0.4, 0.5) is 0 Å². The monoisotopic (exact) mass is 312 g/mol. The molecule has 3 rings (SSSR count). The van der Waals surface area contributed by atoms with Crippen molar-refractivity contribution >= 4 is 23.6 Å². The van der Waals surface area contributed by atoms with Crippen LogP contribution >= 0.6 is 11.8 Å². The summed E-state index contributed by atoms with van der Waals surface area (Å²) in [5.74, 6) is 0.631. The Bertz CT molecular complexity index is 450. The number of nitrogens with one attached hydrogen (secondary N) is 1. The van der Waals surface area contributed by atoms with Gasteiger partial charge >= 0.3 is 0 Å². The molecule has 1 aliphatic carbocycles. The maximum Gasteiger partial charge on any atom is 0.243 e. The number of hydrogen-bond acceptors (Lipinski definition) is 4. The Kier molecular flexibility index (Phi) is 3.94. The molecule has 2 amide bonds. The van der Waals surface area contributed by atoms with Crippen molar-refractivity contribution in [3.63, 3.8) is 0 Å². The van der Waals surface area contributed by atoms with Gasteiger partial charge in [-0.15, -0.1) is 11.8 Å². The smallest absolute Gasteiger partial charge is 0.243 e. The second-order valence-electron chi connectivity index (χ2n) is 6.77. The number of carbonyl (C=O) groups excluding carboxylic acids is 2. The second-order valence-corrected chi connectivity index (χ2v) is 8.27. The first-order valence-corrected chi connectivity index (χ1v) is 8.88. The Morgan fingerprint density at radius 3 is 2.81 bits per heavy atom. The summed E-state index contributed by atoms with van der Waals surface area (Å²) in [5, 5.41) is 13.3. The highest BCUT2D eigenvalue weighted by atomic mass is 32.2. The third-order valence-electron chi connectivity index (χ3n) is 5.12. The minimum absolute atomic E-state index is 0.0824. The summed E-state index contributed by atoms with van der Waals surface area (Å²) in [4.78, 5) is 26.0. The van der Waals surface area contributed by atoms with Crippen LogP contribution in [0.2, 0.25) is 0 Å². The van der Waals surface area contributed by atoms with E-state index in [1.165, 1.54) is 0 Å². The summed E-state index contributed by atoms with van der Waals surface area (Å²) in [6.45, 7) is 2.36. The Labute approximate surface area is 129 Å². The molecule has 2 heterocycles. The van der Waals surface area contributed by atoms with Gasteiger partial charge in [-0.2, -0.15) is 0 Å². The van der Waals surface area contributed by atoms with Gasteiger partial charge < -0.3 is 15.3 Å². The van der Waals surface area contributed by atoms with Crippen molar-refractivity contribution < 1.29 is 14.7 Å². The van der Waals surface area contributed by atoms with E-state index in [4.69, 9.17) is 0 Å². The first kappa shape index (κ1) is 15.2. The molecule has 2 aliphatic heterocycles. The van der Waals surface area contributed by atoms with Gasteiger partial charge in [0.25, 0.3) is 0 Å². The van der Waals surface area contributed by atoms with Gasteiger partial charge in [-0.1, -0.05) is 19.3 Å². The zero-order valence-corrected chi connectivity index (χ0v) is 13.4. The molecule has 0 aromatic heterocycles. The number of amides is 2. The molecule has 0 aromatic carbocycles. The van der Waals surface area contributed by atoms with Crippen molar-refractivity contribution in [2.75, 3.05) is 12.3 Å². The largest absolute Gasteiger partial charge is 0.388 e. The third kappa shape index (κ3) is 2.80. The number of hydrogen-bond donors (Lipinski definition) is 2. The van der Waals surface area contributed by atoms with Gasteiger partial charge in [0.05, 0.1) is 10.5 Å². The minimum Gasteiger partial charge on any atom is -0.388 e. The second kappa shape index (κ2) is 5.47. The number of nitrogens with zero attached hydrogens (tertiary/aromatic N) is 1. The number of aliphatic hydroxyl groups is 1. The molecular weight excluding hydrogens is 288 g/mol. The first-order chi connectivity index (χ1) is 9.94. The molecule has 6 heteroatoms. The van der Waals surface area contributed by atoms with E-state index < -0.39 is 5.60 Å². The first-order valence-electron chi connectivity index (χ1n) is 7.90. The van der Waals surface area contributed by atoms with E-state index in [9.17, 15) is 14.7 Å². The Hall–Kier alpha value is -0.750. The average molecular weight is 312 g/mol. The minimum atomic E-state index is -0.752. The lowest BCUT2D eigenvalue weighted by atomic mass is 9.85. The number of rotatable bonds is 3. The summed E-state index contributed by atoms with van der Waals surface area (Å²) in [6.07, 6.45) is 6.08. The van der Waals surface area contributed by atoms with Crippen LogP contribution in [0, 0.1) is 0 Å². The molecule has 21 heavy (non-hydrogen) atoms. The molecule has 3 fully saturated rings. The Balaban J connectivity index is 1.60. The van der Waals surface area contributed by atoms with Crippen LogP contribution in [0.3, 0.4) is 0 Å². The Morgan fingerprint density at radius 2 is 2.10 bits per heavy atom. The fourth-order valence-corrected chi connectivity index (χ4v) is 5.20. The van der Waals surface area contributed by atoms with Crippen molar-refractivity contribution in [1.29, 1.82) is 0 Å². The zero-order valence-electron chi connectivity index (χ0n) is 12.6. The molecule has 2 atom stereocenters. The molecule has 2 N–H and O–H groups in total. The van der Waals surface area contributed by atoms with Crippen molar-refractivity contribution in [2.24, 2.45) is 0 Å². The molecule has 0 spiro atoms. The maximum absolute atomic E-state index is 12.4. The highest BCUT2D eigenvalue weighted by molar-refractivity contribution is 8.01. The van der Waals surface area contributed by atoms with Crippen molar-refractivity contribution in [3.05, 3.63) is 0 Å². The molecule has 118 valence electrons. The molecule has 0 bridgehead atoms. The van der Waals surface area contributed by atoms with E-state index in [0.717, 1.165) is 38.5 Å². The molecule has 3 aliphatic rings. The van der Waals surface area contributed by atoms with Gasteiger partial charge in [0.2, 0.25) is 11.8 Å². The van der Waals surface area contributed by atoms with Gasteiger partial charge in [-0.05, 0) is 26.2 Å². The molecule has 5 nitrogen and oxygen atoms in total. The standard InChI is InChI=1S/C15H24N2O3S/c1-14-8-5-12(18)17(14)11(9-21-14)13(19)16-10-15(20)6-3-2-4-7-15/h11,20H,2-10H2,1H3,(H,16,19). The molecule has 0 aromatic rings. The summed E-state index contributed by atoms with van der Waals surface area (Å²) in [7, 11) is 0. The molecular formula is C15H24N2O3S. The predicted molar refractivity (Wildman–Crippen MR) is 81.8 cm³/mol. The van der Waals surface area contributed by atoms with Crippen LogP contribution in [-0.2, 0) is 9.59 Å². The third-order valence-corrected chi connectivity index (χ3v) is 6.63. The van der Waals surface area contributed by atoms with Crippen LogP contribution in [-0.4, -0.2) is 50.6 Å². The number of fused-ring (bicyclic) bond motifs is 1. The lowest BCUT2D eigenvalue weighted by molar-refractivity contribution is -0.138. The van der Waals surface area contributed by atoms with Gasteiger partial charge in [-0.25, -0.2) is 0 Å². The van der Waals surface area contributed by atoms with Crippen LogP contribution < -0.4 is 5.32 Å². The fourth-order valence-electron chi connectivity index (χ4n) is 3.77. The quantitative estimate of drug-likeness (QED) is 0.823. The molecule has 2 saturated heterocycles. The van der Waals surface area contributed by atoms with E-state index in [1.54, 1.807) is 16.7 Å². The van der Waals surface area contributed by atoms with Crippen molar-refractivity contribution in [1.82, 2.24) is 10.2 Å². The van der Waals surface area contributed by atoms with E-state index in [0.29, 0.717) is 18.7 Å². The van der Waals surface area contributed by atoms with Crippen LogP contribution in [0.1, 0.15) is 51.9 Å². The van der Waals surface area contributed by atoms with E-state index >= 15 is 0 Å². The molecule has 0 radical (unpaired) electrons. The fraction of sp³-hybridized carbons (Fsp3) is 0.867. The highest BCUT2D eigenvalue weighted by Gasteiger charge is 2.53. The van der Waals surface area contributed by atoms with Crippen molar-refractivity contribution in [3.8, 4) is 0 Å². The van der Waals surface area contributed by atoms with Gasteiger partial charge in [-0.3, -0.25) is 9.59 Å². The van der Waals surface area contributed by atoms with Gasteiger partial charge in [0.1, 0.15) is 6.04 Å². The van der Waals surface area contributed by atoms with Gasteiger partial charge in [0, 0.05) is 18.7 Å². The van der Waals surface area contributed by atoms with Crippen LogP contribution in [0.15, 0.2) is 0 Å². The summed E-state index contributed by atoms with van der Waals surface area (Å²) in [6, 6.07) is -0.373. The summed E-state index contributed by atoms with van der Waals surface area (Å²) >= 11 is 1.70. The van der Waals surface area contributed by atoms with Crippen LogP contribution in [0.25, 0.3) is 0 Å². The van der Waals surface area contributed by atoms with Crippen molar-refractivity contribution in [2.45, 2.75) is 68.4 Å². The topological polar surface area (TPSA) is 69.6 Å². The average Bonchev–Trinajstić information content (AvgIpc) is 2.95. The Morgan fingerprint density at radius 1 is 1.38 bits per heavy atom.